The number of methoxy groups -OCH3 is 1. The van der Waals surface area contributed by atoms with Crippen molar-refractivity contribution < 1.29 is 9.53 Å². The Morgan fingerprint density at radius 1 is 1.14 bits per heavy atom. The Morgan fingerprint density at radius 3 is 2.68 bits per heavy atom. The van der Waals surface area contributed by atoms with Crippen molar-refractivity contribution in [2.45, 2.75) is 26.2 Å². The van der Waals surface area contributed by atoms with Gasteiger partial charge >= 0.3 is 0 Å². The molecule has 0 aliphatic carbocycles. The van der Waals surface area contributed by atoms with Crippen LogP contribution in [0.1, 0.15) is 41.3 Å². The Morgan fingerprint density at radius 2 is 1.95 bits per heavy atom. The molecule has 1 amide bonds. The maximum atomic E-state index is 12.8. The van der Waals surface area contributed by atoms with Crippen molar-refractivity contribution in [2.75, 3.05) is 18.6 Å². The first-order valence-electron chi connectivity index (χ1n) is 7.69. The number of nitrogens with zero attached hydrogens (tertiary/aromatic N) is 1. The van der Waals surface area contributed by atoms with E-state index in [-0.39, 0.29) is 5.91 Å². The van der Waals surface area contributed by atoms with E-state index in [2.05, 4.69) is 26.0 Å². The molecule has 1 aliphatic heterocycles. The van der Waals surface area contributed by atoms with Crippen molar-refractivity contribution in [3.05, 3.63) is 59.2 Å². The molecule has 1 heterocycles. The summed E-state index contributed by atoms with van der Waals surface area (Å²) in [5.41, 5.74) is 4.09. The molecule has 0 unspecified atom stereocenters. The van der Waals surface area contributed by atoms with Gasteiger partial charge in [-0.1, -0.05) is 26.0 Å². The van der Waals surface area contributed by atoms with Gasteiger partial charge in [0.2, 0.25) is 0 Å². The van der Waals surface area contributed by atoms with Gasteiger partial charge in [0.25, 0.3) is 5.91 Å². The highest BCUT2D eigenvalue weighted by molar-refractivity contribution is 6.08. The lowest BCUT2D eigenvalue weighted by Crippen LogP contribution is -2.37. The van der Waals surface area contributed by atoms with E-state index >= 15 is 0 Å². The van der Waals surface area contributed by atoms with E-state index < -0.39 is 0 Å². The first-order chi connectivity index (χ1) is 10.6. The van der Waals surface area contributed by atoms with Gasteiger partial charge in [-0.2, -0.15) is 0 Å². The van der Waals surface area contributed by atoms with E-state index in [0.29, 0.717) is 12.5 Å². The molecule has 0 bridgehead atoms. The van der Waals surface area contributed by atoms with Gasteiger partial charge in [-0.25, -0.2) is 0 Å². The fourth-order valence-corrected chi connectivity index (χ4v) is 2.89. The number of fused-ring (bicyclic) bond motifs is 1. The molecule has 0 saturated heterocycles. The molecule has 3 rings (SSSR count). The highest BCUT2D eigenvalue weighted by Crippen LogP contribution is 2.29. The molecule has 2 aromatic rings. The van der Waals surface area contributed by atoms with Crippen molar-refractivity contribution in [3.63, 3.8) is 0 Å². The van der Waals surface area contributed by atoms with Crippen LogP contribution in [-0.4, -0.2) is 19.6 Å². The monoisotopic (exact) mass is 295 g/mol. The summed E-state index contributed by atoms with van der Waals surface area (Å²) in [6.45, 7) is 5.04. The van der Waals surface area contributed by atoms with Crippen molar-refractivity contribution in [3.8, 4) is 5.75 Å². The second-order valence-electron chi connectivity index (χ2n) is 5.98. The van der Waals surface area contributed by atoms with Crippen LogP contribution in [-0.2, 0) is 6.42 Å². The number of amides is 1. The quantitative estimate of drug-likeness (QED) is 0.856. The SMILES string of the molecule is COc1ccc2c(c1)CCN(c1cccc(C(C)C)c1)C2=O. The highest BCUT2D eigenvalue weighted by Gasteiger charge is 2.25. The van der Waals surface area contributed by atoms with Crippen molar-refractivity contribution in [2.24, 2.45) is 0 Å². The fraction of sp³-hybridized carbons (Fsp3) is 0.316. The van der Waals surface area contributed by atoms with Gasteiger partial charge in [-0.15, -0.1) is 0 Å². The minimum absolute atomic E-state index is 0.0739. The predicted octanol–water partition coefficient (Wildman–Crippen LogP) is 4.02. The van der Waals surface area contributed by atoms with E-state index in [1.807, 2.05) is 35.2 Å². The molecule has 0 aromatic heterocycles. The molecule has 2 aromatic carbocycles. The van der Waals surface area contributed by atoms with Gasteiger partial charge in [-0.3, -0.25) is 4.79 Å². The summed E-state index contributed by atoms with van der Waals surface area (Å²) in [5, 5.41) is 0. The lowest BCUT2D eigenvalue weighted by Gasteiger charge is -2.29. The average Bonchev–Trinajstić information content (AvgIpc) is 2.55. The summed E-state index contributed by atoms with van der Waals surface area (Å²) in [5.74, 6) is 1.34. The van der Waals surface area contributed by atoms with Crippen LogP contribution >= 0.6 is 0 Å². The zero-order valence-electron chi connectivity index (χ0n) is 13.3. The third kappa shape index (κ3) is 2.59. The number of rotatable bonds is 3. The number of benzene rings is 2. The van der Waals surface area contributed by atoms with Crippen LogP contribution in [0.15, 0.2) is 42.5 Å². The average molecular weight is 295 g/mol. The molecular formula is C19H21NO2. The first kappa shape index (κ1) is 14.6. The number of hydrogen-bond donors (Lipinski definition) is 0. The summed E-state index contributed by atoms with van der Waals surface area (Å²) in [7, 11) is 1.65. The van der Waals surface area contributed by atoms with Crippen LogP contribution in [0.25, 0.3) is 0 Å². The van der Waals surface area contributed by atoms with Crippen LogP contribution in [0.3, 0.4) is 0 Å². The van der Waals surface area contributed by atoms with Crippen LogP contribution in [0, 0.1) is 0 Å². The first-order valence-corrected chi connectivity index (χ1v) is 7.69. The standard InChI is InChI=1S/C19H21NO2/c1-13(2)14-5-4-6-16(11-14)20-10-9-15-12-17(22-3)7-8-18(15)19(20)21/h4-8,11-13H,9-10H2,1-3H3. The molecule has 0 fully saturated rings. The lowest BCUT2D eigenvalue weighted by atomic mass is 9.97. The number of hydrogen-bond acceptors (Lipinski definition) is 2. The number of ether oxygens (including phenoxy) is 1. The van der Waals surface area contributed by atoms with Crippen molar-refractivity contribution >= 4 is 11.6 Å². The molecule has 0 N–H and O–H groups in total. The molecule has 22 heavy (non-hydrogen) atoms. The van der Waals surface area contributed by atoms with Gasteiger partial charge in [0.15, 0.2) is 0 Å². The highest BCUT2D eigenvalue weighted by atomic mass is 16.5. The number of anilines is 1. The minimum atomic E-state index is 0.0739. The smallest absolute Gasteiger partial charge is 0.258 e. The normalized spacial score (nSPS) is 14.2. The molecule has 0 atom stereocenters. The minimum Gasteiger partial charge on any atom is -0.497 e. The molecule has 0 saturated carbocycles. The van der Waals surface area contributed by atoms with E-state index in [1.165, 1.54) is 5.56 Å². The zero-order valence-corrected chi connectivity index (χ0v) is 13.3. The van der Waals surface area contributed by atoms with Crippen LogP contribution in [0.2, 0.25) is 0 Å². The second-order valence-corrected chi connectivity index (χ2v) is 5.98. The van der Waals surface area contributed by atoms with E-state index in [0.717, 1.165) is 29.0 Å². The summed E-state index contributed by atoms with van der Waals surface area (Å²) < 4.78 is 5.24. The lowest BCUT2D eigenvalue weighted by molar-refractivity contribution is 0.0980. The second kappa shape index (κ2) is 5.84. The van der Waals surface area contributed by atoms with Crippen LogP contribution in [0.5, 0.6) is 5.75 Å². The fourth-order valence-electron chi connectivity index (χ4n) is 2.89. The topological polar surface area (TPSA) is 29.5 Å². The Bertz CT molecular complexity index is 706. The number of carbonyl (C=O) groups excluding carboxylic acids is 1. The van der Waals surface area contributed by atoms with Gasteiger partial charge in [0, 0.05) is 17.8 Å². The molecular weight excluding hydrogens is 274 g/mol. The Kier molecular flexibility index (Phi) is 3.88. The molecule has 1 aliphatic rings. The zero-order chi connectivity index (χ0) is 15.7. The molecule has 0 radical (unpaired) electrons. The molecule has 0 spiro atoms. The third-order valence-corrected chi connectivity index (χ3v) is 4.24. The molecule has 114 valence electrons. The molecule has 3 nitrogen and oxygen atoms in total. The van der Waals surface area contributed by atoms with Gasteiger partial charge < -0.3 is 9.64 Å². The van der Waals surface area contributed by atoms with Gasteiger partial charge in [0.1, 0.15) is 5.75 Å². The van der Waals surface area contributed by atoms with Crippen LogP contribution in [0.4, 0.5) is 5.69 Å². The molecule has 3 heteroatoms. The maximum Gasteiger partial charge on any atom is 0.258 e. The predicted molar refractivity (Wildman–Crippen MR) is 88.9 cm³/mol. The van der Waals surface area contributed by atoms with Gasteiger partial charge in [-0.05, 0) is 53.8 Å². The Labute approximate surface area is 131 Å². The summed E-state index contributed by atoms with van der Waals surface area (Å²) in [6.07, 6.45) is 0.851. The number of carbonyl (C=O) groups is 1. The Balaban J connectivity index is 1.94. The summed E-state index contributed by atoms with van der Waals surface area (Å²) in [4.78, 5) is 14.7. The van der Waals surface area contributed by atoms with E-state index in [9.17, 15) is 4.79 Å². The Hall–Kier alpha value is -2.29. The van der Waals surface area contributed by atoms with Gasteiger partial charge in [0.05, 0.1) is 7.11 Å². The van der Waals surface area contributed by atoms with Crippen molar-refractivity contribution in [1.29, 1.82) is 0 Å². The summed E-state index contributed by atoms with van der Waals surface area (Å²) >= 11 is 0. The van der Waals surface area contributed by atoms with E-state index in [1.54, 1.807) is 7.11 Å². The van der Waals surface area contributed by atoms with Crippen molar-refractivity contribution in [1.82, 2.24) is 0 Å². The largest absolute Gasteiger partial charge is 0.497 e. The van der Waals surface area contributed by atoms with Crippen LogP contribution < -0.4 is 9.64 Å². The maximum absolute atomic E-state index is 12.8. The summed E-state index contributed by atoms with van der Waals surface area (Å²) in [6, 6.07) is 14.0. The van der Waals surface area contributed by atoms with E-state index in [4.69, 9.17) is 4.74 Å². The third-order valence-electron chi connectivity index (χ3n) is 4.24.